The number of carbonyl (C=O) groups is 2. The molecule has 10 nitrogen and oxygen atoms in total. The van der Waals surface area contributed by atoms with Gasteiger partial charge in [0.25, 0.3) is 0 Å². The molecule has 6 atom stereocenters. The van der Waals surface area contributed by atoms with E-state index in [9.17, 15) is 19.8 Å². The minimum absolute atomic E-state index is 0.0488. The number of aliphatic hydroxyl groups excluding tert-OH is 1. The molecule has 3 N–H and O–H groups in total. The minimum Gasteiger partial charge on any atom is -0.454 e. The summed E-state index contributed by atoms with van der Waals surface area (Å²) >= 11 is 16.6. The van der Waals surface area contributed by atoms with Gasteiger partial charge in [-0.1, -0.05) is 65.1 Å². The lowest BCUT2D eigenvalue weighted by Gasteiger charge is -2.51. The first-order chi connectivity index (χ1) is 14.5. The van der Waals surface area contributed by atoms with E-state index in [-0.39, 0.29) is 6.61 Å². The van der Waals surface area contributed by atoms with Crippen molar-refractivity contribution >= 4 is 46.9 Å². The third-order valence-electron chi connectivity index (χ3n) is 4.51. The second-order valence-corrected chi connectivity index (χ2v) is 9.39. The van der Waals surface area contributed by atoms with Crippen LogP contribution in [0.25, 0.3) is 0 Å². The molecule has 0 bridgehead atoms. The summed E-state index contributed by atoms with van der Waals surface area (Å²) in [5.41, 5.74) is -1.98. The quantitative estimate of drug-likeness (QED) is 0.320. The van der Waals surface area contributed by atoms with Gasteiger partial charge in [0.15, 0.2) is 12.4 Å². The van der Waals surface area contributed by atoms with Gasteiger partial charge in [0.05, 0.1) is 6.61 Å². The normalized spacial score (nSPS) is 33.2. The number of hydrogen-bond donors (Lipinski definition) is 3. The van der Waals surface area contributed by atoms with Crippen molar-refractivity contribution in [3.63, 3.8) is 0 Å². The van der Waals surface area contributed by atoms with Crippen LogP contribution in [-0.4, -0.2) is 69.6 Å². The molecule has 2 aliphatic heterocycles. The monoisotopic (exact) mass is 499 g/mol. The molecular weight excluding hydrogens is 481 g/mol. The molecule has 0 radical (unpaired) electrons. The number of benzene rings is 1. The number of fused-ring (bicyclic) bond motifs is 1. The largest absolute Gasteiger partial charge is 0.454 e. The van der Waals surface area contributed by atoms with E-state index in [0.29, 0.717) is 5.56 Å². The molecule has 1 aromatic carbocycles. The van der Waals surface area contributed by atoms with Gasteiger partial charge in [0.1, 0.15) is 18.8 Å². The van der Waals surface area contributed by atoms with E-state index >= 15 is 0 Å². The number of alkyl carbamates (subject to hydrolysis) is 1. The lowest BCUT2D eigenvalue weighted by molar-refractivity contribution is -0.384. The molecule has 1 unspecified atom stereocenters. The lowest BCUT2D eigenvalue weighted by atomic mass is 9.92. The Balaban J connectivity index is 1.83. The SMILES string of the molecule is CC(=O)O[C@H]1[C@@H]2OC(c3ccccc3)OC[C@H]2O[C@@H](O)[C@@]1(O)NC(=O)OCC(Cl)(Cl)Cl. The van der Waals surface area contributed by atoms with Gasteiger partial charge in [-0.2, -0.15) is 0 Å². The molecule has 31 heavy (non-hydrogen) atoms. The van der Waals surface area contributed by atoms with Crippen LogP contribution in [0.15, 0.2) is 30.3 Å². The number of aliphatic hydroxyl groups is 2. The van der Waals surface area contributed by atoms with Gasteiger partial charge in [-0.05, 0) is 0 Å². The average Bonchev–Trinajstić information content (AvgIpc) is 2.70. The Morgan fingerprint density at radius 3 is 2.55 bits per heavy atom. The van der Waals surface area contributed by atoms with E-state index in [4.69, 9.17) is 58.5 Å². The molecule has 0 saturated carbocycles. The van der Waals surface area contributed by atoms with Crippen molar-refractivity contribution in [2.75, 3.05) is 13.2 Å². The summed E-state index contributed by atoms with van der Waals surface area (Å²) in [6.45, 7) is 0.389. The number of esters is 1. The number of halogens is 3. The molecule has 0 aromatic heterocycles. The second kappa shape index (κ2) is 9.63. The summed E-state index contributed by atoms with van der Waals surface area (Å²) in [5.74, 6) is -0.806. The first-order valence-corrected chi connectivity index (χ1v) is 10.2. The zero-order valence-electron chi connectivity index (χ0n) is 16.1. The Labute approximate surface area is 192 Å². The molecule has 1 amide bonds. The van der Waals surface area contributed by atoms with E-state index in [1.807, 2.05) is 11.4 Å². The number of nitrogens with one attached hydrogen (secondary N) is 1. The molecule has 2 aliphatic rings. The summed E-state index contributed by atoms with van der Waals surface area (Å²) in [6.07, 6.45) is -7.80. The fraction of sp³-hybridized carbons (Fsp3) is 0.556. The fourth-order valence-corrected chi connectivity index (χ4v) is 3.35. The molecule has 0 spiro atoms. The Hall–Kier alpha value is -1.37. The third kappa shape index (κ3) is 5.91. The van der Waals surface area contributed by atoms with Gasteiger partial charge in [-0.3, -0.25) is 10.1 Å². The van der Waals surface area contributed by atoms with Crippen LogP contribution < -0.4 is 5.32 Å². The van der Waals surface area contributed by atoms with Crippen molar-refractivity contribution < 1.29 is 43.5 Å². The van der Waals surface area contributed by atoms with E-state index in [1.165, 1.54) is 0 Å². The smallest absolute Gasteiger partial charge is 0.409 e. The fourth-order valence-electron chi connectivity index (χ4n) is 3.19. The van der Waals surface area contributed by atoms with Crippen molar-refractivity contribution in [1.82, 2.24) is 5.32 Å². The van der Waals surface area contributed by atoms with Crippen LogP contribution in [0.3, 0.4) is 0 Å². The highest BCUT2D eigenvalue weighted by Crippen LogP contribution is 2.38. The highest BCUT2D eigenvalue weighted by atomic mass is 35.6. The van der Waals surface area contributed by atoms with Crippen LogP contribution >= 0.6 is 34.8 Å². The molecule has 13 heteroatoms. The average molecular weight is 501 g/mol. The number of amides is 1. The summed E-state index contributed by atoms with van der Waals surface area (Å²) in [7, 11) is 0. The molecule has 1 aromatic rings. The molecule has 2 fully saturated rings. The number of carbonyl (C=O) groups excluding carboxylic acids is 2. The lowest BCUT2D eigenvalue weighted by Crippen LogP contribution is -2.75. The standard InChI is InChI=1S/C18H20Cl3NO9/c1-9(23)29-13-12-11(7-27-14(31-12)10-5-3-2-4-6-10)30-15(24)18(13,26)22-16(25)28-8-17(19,20)21/h2-6,11-15,24,26H,7-8H2,1H3,(H,22,25)/t11-,12-,13+,14?,15-,18-/m1/s1. The first-order valence-electron chi connectivity index (χ1n) is 9.06. The molecule has 2 heterocycles. The van der Waals surface area contributed by atoms with Crippen molar-refractivity contribution in [3.05, 3.63) is 35.9 Å². The molecule has 3 rings (SSSR count). The number of hydrogen-bond acceptors (Lipinski definition) is 9. The minimum atomic E-state index is -2.64. The van der Waals surface area contributed by atoms with Gasteiger partial charge < -0.3 is 33.9 Å². The van der Waals surface area contributed by atoms with Crippen LogP contribution in [-0.2, 0) is 28.5 Å². The number of rotatable bonds is 4. The Kier molecular flexibility index (Phi) is 7.54. The zero-order valence-corrected chi connectivity index (χ0v) is 18.3. The molecule has 172 valence electrons. The molecule has 2 saturated heterocycles. The van der Waals surface area contributed by atoms with Gasteiger partial charge in [-0.25, -0.2) is 4.79 Å². The molecular formula is C18H20Cl3NO9. The highest BCUT2D eigenvalue weighted by molar-refractivity contribution is 6.67. The van der Waals surface area contributed by atoms with Gasteiger partial charge >= 0.3 is 12.1 Å². The van der Waals surface area contributed by atoms with Crippen molar-refractivity contribution in [1.29, 1.82) is 0 Å². The second-order valence-electron chi connectivity index (χ2n) is 6.88. The van der Waals surface area contributed by atoms with Crippen LogP contribution in [0.1, 0.15) is 18.8 Å². The van der Waals surface area contributed by atoms with Crippen LogP contribution in [0.2, 0.25) is 0 Å². The predicted molar refractivity (Wildman–Crippen MR) is 106 cm³/mol. The van der Waals surface area contributed by atoms with E-state index < -0.39 is 59.1 Å². The Morgan fingerprint density at radius 1 is 1.26 bits per heavy atom. The number of alkyl halides is 3. The Morgan fingerprint density at radius 2 is 1.94 bits per heavy atom. The van der Waals surface area contributed by atoms with Crippen molar-refractivity contribution in [3.8, 4) is 0 Å². The highest BCUT2D eigenvalue weighted by Gasteiger charge is 2.61. The van der Waals surface area contributed by atoms with Crippen LogP contribution in [0.5, 0.6) is 0 Å². The summed E-state index contributed by atoms with van der Waals surface area (Å²) in [4.78, 5) is 23.9. The maximum atomic E-state index is 12.1. The maximum absolute atomic E-state index is 12.1. The van der Waals surface area contributed by atoms with Crippen molar-refractivity contribution in [2.24, 2.45) is 0 Å². The van der Waals surface area contributed by atoms with Crippen LogP contribution in [0, 0.1) is 0 Å². The van der Waals surface area contributed by atoms with Gasteiger partial charge in [0, 0.05) is 12.5 Å². The van der Waals surface area contributed by atoms with Crippen molar-refractivity contribution in [2.45, 2.75) is 47.3 Å². The molecule has 0 aliphatic carbocycles. The predicted octanol–water partition coefficient (Wildman–Crippen LogP) is 1.53. The first kappa shape index (κ1) is 24.3. The van der Waals surface area contributed by atoms with Crippen LogP contribution in [0.4, 0.5) is 4.79 Å². The summed E-state index contributed by atoms with van der Waals surface area (Å²) in [5, 5.41) is 23.5. The zero-order chi connectivity index (χ0) is 22.8. The topological polar surface area (TPSA) is 133 Å². The third-order valence-corrected chi connectivity index (χ3v) is 4.83. The summed E-state index contributed by atoms with van der Waals surface area (Å²) in [6, 6.07) is 8.86. The van der Waals surface area contributed by atoms with E-state index in [1.54, 1.807) is 24.3 Å². The van der Waals surface area contributed by atoms with E-state index in [2.05, 4.69) is 0 Å². The Bertz CT molecular complexity index is 793. The van der Waals surface area contributed by atoms with Gasteiger partial charge in [-0.15, -0.1) is 0 Å². The number of ether oxygens (including phenoxy) is 5. The maximum Gasteiger partial charge on any atom is 0.409 e. The van der Waals surface area contributed by atoms with Gasteiger partial charge in [0.2, 0.25) is 15.8 Å². The van der Waals surface area contributed by atoms with E-state index in [0.717, 1.165) is 6.92 Å². The summed E-state index contributed by atoms with van der Waals surface area (Å²) < 4.78 is 24.9.